The van der Waals surface area contributed by atoms with Gasteiger partial charge in [-0.05, 0) is 43.5 Å². The van der Waals surface area contributed by atoms with Crippen LogP contribution in [-0.4, -0.2) is 51.3 Å². The Hall–Kier alpha value is -2.22. The fourth-order valence-corrected chi connectivity index (χ4v) is 4.24. The normalized spacial score (nSPS) is 18.1. The van der Waals surface area contributed by atoms with Gasteiger partial charge in [0, 0.05) is 55.3 Å². The molecule has 0 radical (unpaired) electrons. The molecule has 1 saturated heterocycles. The lowest BCUT2D eigenvalue weighted by Gasteiger charge is -2.33. The van der Waals surface area contributed by atoms with Gasteiger partial charge in [-0.2, -0.15) is 4.98 Å². The highest BCUT2D eigenvalue weighted by atomic mass is 35.5. The summed E-state index contributed by atoms with van der Waals surface area (Å²) >= 11 is 5.94. The Morgan fingerprint density at radius 2 is 1.59 bits per heavy atom. The van der Waals surface area contributed by atoms with Crippen molar-refractivity contribution in [3.05, 3.63) is 52.2 Å². The van der Waals surface area contributed by atoms with Crippen molar-refractivity contribution in [2.24, 2.45) is 0 Å². The smallest absolute Gasteiger partial charge is 0.241 e. The van der Waals surface area contributed by atoms with Crippen LogP contribution in [0.1, 0.15) is 35.7 Å². The van der Waals surface area contributed by atoms with Crippen molar-refractivity contribution < 1.29 is 9.05 Å². The minimum atomic E-state index is 0.603. The summed E-state index contributed by atoms with van der Waals surface area (Å²) in [5.41, 5.74) is 3.40. The zero-order valence-corrected chi connectivity index (χ0v) is 17.1. The minimum absolute atomic E-state index is 0.603. The van der Waals surface area contributed by atoms with E-state index in [9.17, 15) is 0 Å². The fraction of sp³-hybridized carbons (Fsp3) is 0.476. The third kappa shape index (κ3) is 4.22. The molecule has 8 heteroatoms. The summed E-state index contributed by atoms with van der Waals surface area (Å²) in [7, 11) is 0. The van der Waals surface area contributed by atoms with Crippen LogP contribution >= 0.6 is 11.6 Å². The van der Waals surface area contributed by atoms with Crippen LogP contribution in [0.4, 0.5) is 0 Å². The van der Waals surface area contributed by atoms with Gasteiger partial charge in [-0.1, -0.05) is 21.9 Å². The highest BCUT2D eigenvalue weighted by molar-refractivity contribution is 6.30. The lowest BCUT2D eigenvalue weighted by Crippen LogP contribution is -2.45. The zero-order chi connectivity index (χ0) is 19.6. The molecule has 0 amide bonds. The Kier molecular flexibility index (Phi) is 5.35. The monoisotopic (exact) mass is 413 g/mol. The molecule has 1 aliphatic heterocycles. The molecule has 3 aromatic rings. The average Bonchev–Trinajstić information content (AvgIpc) is 3.38. The quantitative estimate of drug-likeness (QED) is 0.633. The summed E-state index contributed by atoms with van der Waals surface area (Å²) in [6, 6.07) is 7.47. The molecule has 152 valence electrons. The lowest BCUT2D eigenvalue weighted by molar-refractivity contribution is 0.110. The van der Waals surface area contributed by atoms with Gasteiger partial charge < -0.3 is 9.05 Å². The molecule has 0 unspecified atom stereocenters. The number of rotatable bonds is 5. The number of hydrogen-bond acceptors (Lipinski definition) is 7. The van der Waals surface area contributed by atoms with E-state index in [0.29, 0.717) is 23.3 Å². The van der Waals surface area contributed by atoms with E-state index in [1.807, 2.05) is 24.3 Å². The van der Waals surface area contributed by atoms with E-state index in [1.54, 1.807) is 0 Å². The first kappa shape index (κ1) is 18.8. The summed E-state index contributed by atoms with van der Waals surface area (Å²) in [5, 5.41) is 9.14. The fourth-order valence-electron chi connectivity index (χ4n) is 4.12. The van der Waals surface area contributed by atoms with Crippen LogP contribution in [0.2, 0.25) is 5.02 Å². The summed E-state index contributed by atoms with van der Waals surface area (Å²) in [5.74, 6) is 2.36. The molecule has 3 heterocycles. The van der Waals surface area contributed by atoms with Crippen molar-refractivity contribution in [3.8, 4) is 11.4 Å². The van der Waals surface area contributed by atoms with Gasteiger partial charge in [0.2, 0.25) is 11.7 Å². The topological polar surface area (TPSA) is 71.4 Å². The molecule has 1 fully saturated rings. The molecule has 0 bridgehead atoms. The number of hydrogen-bond donors (Lipinski definition) is 0. The largest absolute Gasteiger partial charge is 0.361 e. The van der Waals surface area contributed by atoms with Gasteiger partial charge in [0.1, 0.15) is 11.5 Å². The Morgan fingerprint density at radius 3 is 2.38 bits per heavy atom. The van der Waals surface area contributed by atoms with Crippen molar-refractivity contribution in [1.29, 1.82) is 0 Å². The molecule has 1 aromatic carbocycles. The maximum Gasteiger partial charge on any atom is 0.241 e. The molecular formula is C21H24ClN5O2. The van der Waals surface area contributed by atoms with E-state index in [-0.39, 0.29) is 0 Å². The Balaban J connectivity index is 1.15. The Labute approximate surface area is 174 Å². The van der Waals surface area contributed by atoms with Gasteiger partial charge in [0.15, 0.2) is 0 Å². The molecule has 0 N–H and O–H groups in total. The molecule has 7 nitrogen and oxygen atoms in total. The molecule has 0 saturated carbocycles. The van der Waals surface area contributed by atoms with E-state index < -0.39 is 0 Å². The molecule has 0 atom stereocenters. The first-order valence-electron chi connectivity index (χ1n) is 10.2. The zero-order valence-electron chi connectivity index (χ0n) is 16.3. The van der Waals surface area contributed by atoms with Crippen LogP contribution in [0.5, 0.6) is 0 Å². The summed E-state index contributed by atoms with van der Waals surface area (Å²) in [4.78, 5) is 9.34. The highest BCUT2D eigenvalue weighted by Crippen LogP contribution is 2.25. The second kappa shape index (κ2) is 8.26. The van der Waals surface area contributed by atoms with E-state index in [2.05, 4.69) is 25.1 Å². The van der Waals surface area contributed by atoms with Crippen LogP contribution in [0.15, 0.2) is 33.3 Å². The summed E-state index contributed by atoms with van der Waals surface area (Å²) in [6.07, 6.45) is 4.62. The first-order valence-corrected chi connectivity index (χ1v) is 10.6. The van der Waals surface area contributed by atoms with E-state index in [1.165, 1.54) is 18.4 Å². The molecule has 2 aliphatic rings. The van der Waals surface area contributed by atoms with Crippen LogP contribution in [0.3, 0.4) is 0 Å². The van der Waals surface area contributed by atoms with Crippen molar-refractivity contribution in [2.45, 2.75) is 38.8 Å². The van der Waals surface area contributed by atoms with Gasteiger partial charge in [0.25, 0.3) is 0 Å². The Bertz CT molecular complexity index is 960. The second-order valence-electron chi connectivity index (χ2n) is 7.81. The van der Waals surface area contributed by atoms with Crippen LogP contribution in [0.25, 0.3) is 11.4 Å². The molecule has 0 spiro atoms. The van der Waals surface area contributed by atoms with Crippen LogP contribution < -0.4 is 0 Å². The third-order valence-electron chi connectivity index (χ3n) is 5.80. The lowest BCUT2D eigenvalue weighted by atomic mass is 9.96. The number of aryl methyl sites for hydroxylation is 1. The standard InChI is InChI=1S/C21H24ClN5O2/c22-16-7-5-15(6-8-16)21-23-20(29-25-21)14-27-11-9-26(10-12-27)13-18-17-3-1-2-4-19(17)28-24-18/h5-8H,1-4,9-14H2. The number of piperazine rings is 1. The first-order chi connectivity index (χ1) is 14.2. The molecular weight excluding hydrogens is 390 g/mol. The predicted octanol–water partition coefficient (Wildman–Crippen LogP) is 3.57. The van der Waals surface area contributed by atoms with Gasteiger partial charge in [0.05, 0.1) is 6.54 Å². The highest BCUT2D eigenvalue weighted by Gasteiger charge is 2.24. The number of benzene rings is 1. The summed E-state index contributed by atoms with van der Waals surface area (Å²) in [6.45, 7) is 5.50. The van der Waals surface area contributed by atoms with Crippen molar-refractivity contribution in [2.75, 3.05) is 26.2 Å². The predicted molar refractivity (Wildman–Crippen MR) is 108 cm³/mol. The van der Waals surface area contributed by atoms with E-state index in [0.717, 1.165) is 62.6 Å². The molecule has 1 aliphatic carbocycles. The molecule has 2 aromatic heterocycles. The van der Waals surface area contributed by atoms with Gasteiger partial charge >= 0.3 is 0 Å². The van der Waals surface area contributed by atoms with E-state index in [4.69, 9.17) is 20.6 Å². The van der Waals surface area contributed by atoms with Crippen LogP contribution in [-0.2, 0) is 25.9 Å². The van der Waals surface area contributed by atoms with Gasteiger partial charge in [-0.15, -0.1) is 0 Å². The van der Waals surface area contributed by atoms with Crippen molar-refractivity contribution >= 4 is 11.6 Å². The molecule has 5 rings (SSSR count). The number of halogens is 1. The van der Waals surface area contributed by atoms with Crippen LogP contribution in [0, 0.1) is 0 Å². The van der Waals surface area contributed by atoms with Crippen molar-refractivity contribution in [3.63, 3.8) is 0 Å². The van der Waals surface area contributed by atoms with E-state index >= 15 is 0 Å². The minimum Gasteiger partial charge on any atom is -0.361 e. The maximum absolute atomic E-state index is 5.94. The molecule has 29 heavy (non-hydrogen) atoms. The summed E-state index contributed by atoms with van der Waals surface area (Å²) < 4.78 is 11.0. The second-order valence-corrected chi connectivity index (χ2v) is 8.25. The van der Waals surface area contributed by atoms with Crippen molar-refractivity contribution in [1.82, 2.24) is 25.1 Å². The maximum atomic E-state index is 5.94. The Morgan fingerprint density at radius 1 is 0.862 bits per heavy atom. The number of aromatic nitrogens is 3. The third-order valence-corrected chi connectivity index (χ3v) is 6.05. The SMILES string of the molecule is Clc1ccc(-c2noc(CN3CCN(Cc4noc5c4CCCC5)CC3)n2)cc1. The average molecular weight is 414 g/mol. The number of nitrogens with zero attached hydrogens (tertiary/aromatic N) is 5. The van der Waals surface area contributed by atoms with Gasteiger partial charge in [-0.3, -0.25) is 9.80 Å². The number of fused-ring (bicyclic) bond motifs is 1. The van der Waals surface area contributed by atoms with Gasteiger partial charge in [-0.25, -0.2) is 0 Å².